The van der Waals surface area contributed by atoms with Gasteiger partial charge in [-0.3, -0.25) is 9.59 Å². The maximum absolute atomic E-state index is 12.6. The number of esters is 1. The van der Waals surface area contributed by atoms with Crippen LogP contribution in [0, 0.1) is 30.6 Å². The molecule has 2 aliphatic carbocycles. The number of anilines is 1. The Labute approximate surface area is 131 Å². The number of rotatable bonds is 2. The number of hydrogen-bond donors (Lipinski definition) is 1. The van der Waals surface area contributed by atoms with Crippen molar-refractivity contribution in [2.24, 2.45) is 23.7 Å². The first-order valence-corrected chi connectivity index (χ1v) is 8.11. The summed E-state index contributed by atoms with van der Waals surface area (Å²) < 4.78 is 6.40. The van der Waals surface area contributed by atoms with Gasteiger partial charge in [0.2, 0.25) is 5.91 Å². The largest absolute Gasteiger partial charge is 0.462 e. The minimum atomic E-state index is -0.217. The Morgan fingerprint density at radius 1 is 1.38 bits per heavy atom. The van der Waals surface area contributed by atoms with Crippen LogP contribution in [0.5, 0.6) is 0 Å². The highest BCUT2D eigenvalue weighted by Crippen LogP contribution is 2.57. The van der Waals surface area contributed by atoms with Crippen molar-refractivity contribution in [1.82, 2.24) is 0 Å². The van der Waals surface area contributed by atoms with Gasteiger partial charge in [-0.2, -0.15) is 0 Å². The molecule has 0 unspecified atom stereocenters. The van der Waals surface area contributed by atoms with Gasteiger partial charge in [0.05, 0.1) is 11.8 Å². The number of carbonyl (C=O) groups is 2. The standard InChI is InChI=1S/C16H16BrNO3/c1-7-4-9(2-3-11(7)17)18-15(19)13-8-5-10-12(6-8)21-16(20)14(10)13/h2-4,8,10,12-14H,5-6H2,1H3,(H,18,19)/t8-,10+,12+,13-,14-/m1/s1. The van der Waals surface area contributed by atoms with Crippen LogP contribution in [0.1, 0.15) is 18.4 Å². The zero-order valence-electron chi connectivity index (χ0n) is 11.6. The van der Waals surface area contributed by atoms with Crippen LogP contribution in [0.15, 0.2) is 22.7 Å². The van der Waals surface area contributed by atoms with Crippen molar-refractivity contribution in [2.75, 3.05) is 5.32 Å². The van der Waals surface area contributed by atoms with Crippen LogP contribution >= 0.6 is 15.9 Å². The SMILES string of the molecule is Cc1cc(NC(=O)[C@@H]2[C@@H]3C[C@@H]4[C@H]2C(=O)O[C@H]4C3)ccc1Br. The smallest absolute Gasteiger partial charge is 0.310 e. The predicted molar refractivity (Wildman–Crippen MR) is 80.6 cm³/mol. The number of nitrogens with one attached hydrogen (secondary N) is 1. The molecule has 110 valence electrons. The van der Waals surface area contributed by atoms with Crippen LogP contribution in [0.2, 0.25) is 0 Å². The number of aryl methyl sites for hydroxylation is 1. The lowest BCUT2D eigenvalue weighted by Gasteiger charge is -2.23. The number of ether oxygens (including phenoxy) is 1. The summed E-state index contributed by atoms with van der Waals surface area (Å²) in [4.78, 5) is 24.6. The van der Waals surface area contributed by atoms with E-state index in [9.17, 15) is 9.59 Å². The molecule has 0 radical (unpaired) electrons. The van der Waals surface area contributed by atoms with Gasteiger partial charge in [0.15, 0.2) is 0 Å². The van der Waals surface area contributed by atoms with E-state index in [-0.39, 0.29) is 35.7 Å². The third-order valence-corrected chi connectivity index (χ3v) is 6.10. The fourth-order valence-electron chi connectivity index (χ4n) is 4.31. The second kappa shape index (κ2) is 4.57. The highest BCUT2D eigenvalue weighted by atomic mass is 79.9. The summed E-state index contributed by atoms with van der Waals surface area (Å²) in [5.74, 6) is -0.0722. The summed E-state index contributed by atoms with van der Waals surface area (Å²) in [6, 6.07) is 5.73. The molecule has 1 aromatic carbocycles. The quantitative estimate of drug-likeness (QED) is 0.835. The molecule has 4 rings (SSSR count). The van der Waals surface area contributed by atoms with Crippen molar-refractivity contribution in [1.29, 1.82) is 0 Å². The predicted octanol–water partition coefficient (Wildman–Crippen LogP) is 2.89. The third-order valence-electron chi connectivity index (χ3n) is 5.21. The summed E-state index contributed by atoms with van der Waals surface area (Å²) in [6.45, 7) is 1.98. The Balaban J connectivity index is 1.55. The maximum atomic E-state index is 12.6. The Hall–Kier alpha value is -1.36. The lowest BCUT2D eigenvalue weighted by atomic mass is 9.79. The lowest BCUT2D eigenvalue weighted by Crippen LogP contribution is -2.35. The van der Waals surface area contributed by atoms with Crippen molar-refractivity contribution in [3.63, 3.8) is 0 Å². The normalized spacial score (nSPS) is 35.9. The molecule has 3 fully saturated rings. The number of hydrogen-bond acceptors (Lipinski definition) is 3. The van der Waals surface area contributed by atoms with Gasteiger partial charge >= 0.3 is 5.97 Å². The first-order chi connectivity index (χ1) is 10.0. The molecule has 3 aliphatic rings. The van der Waals surface area contributed by atoms with Gasteiger partial charge in [0.1, 0.15) is 6.10 Å². The number of amides is 1. The molecule has 5 heteroatoms. The van der Waals surface area contributed by atoms with E-state index in [2.05, 4.69) is 21.2 Å². The number of carbonyl (C=O) groups excluding carboxylic acids is 2. The summed E-state index contributed by atoms with van der Waals surface area (Å²) in [6.07, 6.45) is 1.88. The molecule has 1 heterocycles. The van der Waals surface area contributed by atoms with Crippen LogP contribution in [0.4, 0.5) is 5.69 Å². The highest BCUT2D eigenvalue weighted by Gasteiger charge is 2.63. The molecule has 1 amide bonds. The lowest BCUT2D eigenvalue weighted by molar-refractivity contribution is -0.145. The van der Waals surface area contributed by atoms with Crippen molar-refractivity contribution in [3.05, 3.63) is 28.2 Å². The van der Waals surface area contributed by atoms with E-state index in [1.54, 1.807) is 0 Å². The molecular formula is C16H16BrNO3. The van der Waals surface area contributed by atoms with E-state index in [0.717, 1.165) is 28.6 Å². The van der Waals surface area contributed by atoms with Gasteiger partial charge in [-0.25, -0.2) is 0 Å². The Bertz CT molecular complexity index is 642. The van der Waals surface area contributed by atoms with E-state index < -0.39 is 0 Å². The van der Waals surface area contributed by atoms with E-state index >= 15 is 0 Å². The molecule has 1 aliphatic heterocycles. The molecule has 0 aromatic heterocycles. The molecule has 4 nitrogen and oxygen atoms in total. The first-order valence-electron chi connectivity index (χ1n) is 7.32. The number of benzene rings is 1. The van der Waals surface area contributed by atoms with E-state index in [4.69, 9.17) is 4.74 Å². The molecule has 0 spiro atoms. The molecule has 1 saturated heterocycles. The van der Waals surface area contributed by atoms with Gasteiger partial charge < -0.3 is 10.1 Å². The average Bonchev–Trinajstić information content (AvgIpc) is 3.04. The molecular weight excluding hydrogens is 334 g/mol. The molecule has 2 saturated carbocycles. The molecule has 1 aromatic rings. The van der Waals surface area contributed by atoms with Crippen LogP contribution in [0.3, 0.4) is 0 Å². The van der Waals surface area contributed by atoms with Gasteiger partial charge in [0.25, 0.3) is 0 Å². The minimum absolute atomic E-state index is 0.0356. The first kappa shape index (κ1) is 13.3. The van der Waals surface area contributed by atoms with Gasteiger partial charge in [-0.05, 0) is 49.4 Å². The van der Waals surface area contributed by atoms with Crippen LogP contribution in [-0.2, 0) is 14.3 Å². The van der Waals surface area contributed by atoms with Crippen molar-refractivity contribution < 1.29 is 14.3 Å². The zero-order valence-corrected chi connectivity index (χ0v) is 13.2. The third kappa shape index (κ3) is 1.94. The summed E-state index contributed by atoms with van der Waals surface area (Å²) in [5, 5.41) is 2.97. The molecule has 5 atom stereocenters. The second-order valence-corrected chi connectivity index (χ2v) is 7.23. The minimum Gasteiger partial charge on any atom is -0.462 e. The Kier molecular flexibility index (Phi) is 2.89. The number of fused-ring (bicyclic) bond motifs is 1. The van der Waals surface area contributed by atoms with E-state index in [0.29, 0.717) is 5.92 Å². The summed E-state index contributed by atoms with van der Waals surface area (Å²) >= 11 is 3.45. The molecule has 2 bridgehead atoms. The second-order valence-electron chi connectivity index (χ2n) is 6.38. The van der Waals surface area contributed by atoms with Crippen molar-refractivity contribution >= 4 is 33.5 Å². The summed E-state index contributed by atoms with van der Waals surface area (Å²) in [5.41, 5.74) is 1.85. The molecule has 1 N–H and O–H groups in total. The van der Waals surface area contributed by atoms with Crippen LogP contribution in [-0.4, -0.2) is 18.0 Å². The Morgan fingerprint density at radius 2 is 2.19 bits per heavy atom. The van der Waals surface area contributed by atoms with E-state index in [1.807, 2.05) is 25.1 Å². The van der Waals surface area contributed by atoms with Crippen LogP contribution < -0.4 is 5.32 Å². The fraction of sp³-hybridized carbons (Fsp3) is 0.500. The monoisotopic (exact) mass is 349 g/mol. The number of halogens is 1. The van der Waals surface area contributed by atoms with E-state index in [1.165, 1.54) is 0 Å². The fourth-order valence-corrected chi connectivity index (χ4v) is 4.56. The topological polar surface area (TPSA) is 55.4 Å². The van der Waals surface area contributed by atoms with Crippen LogP contribution in [0.25, 0.3) is 0 Å². The maximum Gasteiger partial charge on any atom is 0.310 e. The van der Waals surface area contributed by atoms with Crippen molar-refractivity contribution in [3.8, 4) is 0 Å². The highest BCUT2D eigenvalue weighted by molar-refractivity contribution is 9.10. The van der Waals surface area contributed by atoms with Crippen molar-refractivity contribution in [2.45, 2.75) is 25.9 Å². The molecule has 21 heavy (non-hydrogen) atoms. The van der Waals surface area contributed by atoms with Gasteiger partial charge in [0, 0.05) is 16.1 Å². The Morgan fingerprint density at radius 3 is 2.95 bits per heavy atom. The van der Waals surface area contributed by atoms with Gasteiger partial charge in [-0.15, -0.1) is 0 Å². The average molecular weight is 350 g/mol. The zero-order chi connectivity index (χ0) is 14.7. The van der Waals surface area contributed by atoms with Gasteiger partial charge in [-0.1, -0.05) is 15.9 Å². The summed E-state index contributed by atoms with van der Waals surface area (Å²) in [7, 11) is 0.